The highest BCUT2D eigenvalue weighted by Gasteiger charge is 2.42. The summed E-state index contributed by atoms with van der Waals surface area (Å²) >= 11 is 1.90. The Morgan fingerprint density at radius 3 is 2.26 bits per heavy atom. The van der Waals surface area contributed by atoms with Gasteiger partial charge in [0.2, 0.25) is 0 Å². The summed E-state index contributed by atoms with van der Waals surface area (Å²) in [7, 11) is 2.15. The number of thiophene rings is 1. The lowest BCUT2D eigenvalue weighted by Gasteiger charge is -2.40. The molecule has 10 rings (SSSR count). The highest BCUT2D eigenvalue weighted by atomic mass is 32.1. The van der Waals surface area contributed by atoms with Gasteiger partial charge in [-0.25, -0.2) is 4.57 Å². The minimum Gasteiger partial charge on any atom is -0.458 e. The van der Waals surface area contributed by atoms with Gasteiger partial charge in [-0.15, -0.1) is 11.3 Å². The number of hydrogen-bond acceptors (Lipinski definition) is 3. The predicted octanol–water partition coefficient (Wildman–Crippen LogP) is 8.05. The van der Waals surface area contributed by atoms with E-state index < -0.39 is 0 Å². The lowest BCUT2D eigenvalue weighted by Crippen LogP contribution is -2.59. The lowest BCUT2D eigenvalue weighted by atomic mass is 9.34. The van der Waals surface area contributed by atoms with Gasteiger partial charge in [-0.3, -0.25) is 0 Å². The molecule has 0 amide bonds. The van der Waals surface area contributed by atoms with Crippen LogP contribution in [0.4, 0.5) is 17.1 Å². The topological polar surface area (TPSA) is 21.3 Å². The number of nitrogens with zero attached hydrogens (tertiary/aromatic N) is 3. The van der Waals surface area contributed by atoms with Crippen molar-refractivity contribution in [3.63, 3.8) is 0 Å². The smallest absolute Gasteiger partial charge is 0.295 e. The number of fused-ring (bicyclic) bond motifs is 7. The first kappa shape index (κ1) is 26.6. The molecule has 6 aromatic carbocycles. The SMILES string of the molecule is Cc1ccc2c(sc3cc4c(cc32)N(c2ccccc2)c2cccc3c2B4c2ccccc2O3)c1-c1n(-c2ccccc2)cc[n+]1C. The number of para-hydroxylation sites is 3. The quantitative estimate of drug-likeness (QED) is 0.147. The summed E-state index contributed by atoms with van der Waals surface area (Å²) in [4.78, 5) is 2.43. The van der Waals surface area contributed by atoms with Crippen LogP contribution < -0.4 is 30.6 Å². The Morgan fingerprint density at radius 2 is 1.43 bits per heavy atom. The van der Waals surface area contributed by atoms with E-state index in [9.17, 15) is 0 Å². The van der Waals surface area contributed by atoms with E-state index in [0.29, 0.717) is 0 Å². The second-order valence-corrected chi connectivity index (χ2v) is 13.6. The fourth-order valence-corrected chi connectivity index (χ4v) is 9.09. The zero-order chi connectivity index (χ0) is 31.2. The molecule has 8 aromatic rings. The summed E-state index contributed by atoms with van der Waals surface area (Å²) in [6, 6.07) is 45.9. The Morgan fingerprint density at radius 1 is 0.681 bits per heavy atom. The highest BCUT2D eigenvalue weighted by Crippen LogP contribution is 2.46. The molecule has 0 spiro atoms. The van der Waals surface area contributed by atoms with Crippen molar-refractivity contribution in [1.29, 1.82) is 0 Å². The third-order valence-corrected chi connectivity index (χ3v) is 11.0. The Bertz CT molecular complexity index is 2540. The molecule has 0 radical (unpaired) electrons. The zero-order valence-electron chi connectivity index (χ0n) is 26.0. The predicted molar refractivity (Wildman–Crippen MR) is 196 cm³/mol. The molecule has 4 heterocycles. The number of aromatic nitrogens is 2. The Kier molecular flexibility index (Phi) is 5.64. The summed E-state index contributed by atoms with van der Waals surface area (Å²) in [6.45, 7) is 2.31. The number of hydrogen-bond donors (Lipinski definition) is 0. The Hall–Kier alpha value is -5.59. The zero-order valence-corrected chi connectivity index (χ0v) is 26.8. The number of ether oxygens (including phenoxy) is 1. The van der Waals surface area contributed by atoms with Gasteiger partial charge in [0.05, 0.1) is 17.3 Å². The summed E-state index contributed by atoms with van der Waals surface area (Å²) < 4.78 is 13.7. The van der Waals surface area contributed by atoms with Crippen LogP contribution in [0.25, 0.3) is 37.2 Å². The van der Waals surface area contributed by atoms with Crippen LogP contribution in [0.15, 0.2) is 140 Å². The number of rotatable bonds is 3. The number of anilines is 3. The molecule has 0 bridgehead atoms. The van der Waals surface area contributed by atoms with Crippen molar-refractivity contribution >= 4 is 71.7 Å². The van der Waals surface area contributed by atoms with Crippen LogP contribution in [0.3, 0.4) is 0 Å². The second-order valence-electron chi connectivity index (χ2n) is 12.5. The van der Waals surface area contributed by atoms with E-state index >= 15 is 0 Å². The van der Waals surface area contributed by atoms with Crippen molar-refractivity contribution in [3.8, 4) is 28.6 Å². The third-order valence-electron chi connectivity index (χ3n) is 9.85. The number of imidazole rings is 1. The monoisotopic (exact) mass is 622 g/mol. The summed E-state index contributed by atoms with van der Waals surface area (Å²) in [6.07, 6.45) is 4.33. The van der Waals surface area contributed by atoms with Crippen molar-refractivity contribution in [2.24, 2.45) is 7.05 Å². The highest BCUT2D eigenvalue weighted by molar-refractivity contribution is 7.26. The first-order valence-corrected chi connectivity index (χ1v) is 16.8. The molecule has 0 saturated carbocycles. The fourth-order valence-electron chi connectivity index (χ4n) is 7.76. The number of benzene rings is 6. The van der Waals surface area contributed by atoms with Crippen molar-refractivity contribution in [1.82, 2.24) is 4.57 Å². The molecule has 6 heteroatoms. The average molecular weight is 623 g/mol. The van der Waals surface area contributed by atoms with Crippen molar-refractivity contribution in [3.05, 3.63) is 145 Å². The number of aryl methyl sites for hydroxylation is 2. The van der Waals surface area contributed by atoms with E-state index in [1.807, 2.05) is 11.3 Å². The van der Waals surface area contributed by atoms with E-state index in [1.165, 1.54) is 64.9 Å². The maximum Gasteiger partial charge on any atom is 0.295 e. The van der Waals surface area contributed by atoms with E-state index in [4.69, 9.17) is 4.74 Å². The molecule has 47 heavy (non-hydrogen) atoms. The van der Waals surface area contributed by atoms with E-state index in [-0.39, 0.29) is 6.71 Å². The molecule has 0 unspecified atom stereocenters. The van der Waals surface area contributed by atoms with Gasteiger partial charge in [-0.1, -0.05) is 72.8 Å². The molecule has 4 nitrogen and oxygen atoms in total. The third kappa shape index (κ3) is 3.79. The molecule has 222 valence electrons. The average Bonchev–Trinajstić information content (AvgIpc) is 3.67. The molecule has 2 aliphatic rings. The van der Waals surface area contributed by atoms with Crippen LogP contribution in [0.5, 0.6) is 11.5 Å². The molecule has 2 aromatic heterocycles. The second kappa shape index (κ2) is 9.96. The van der Waals surface area contributed by atoms with Gasteiger partial charge in [0.25, 0.3) is 12.5 Å². The fraction of sp³-hybridized carbons (Fsp3) is 0.0488. The first-order chi connectivity index (χ1) is 23.2. The molecule has 2 aliphatic heterocycles. The van der Waals surface area contributed by atoms with Crippen molar-refractivity contribution in [2.45, 2.75) is 6.92 Å². The maximum atomic E-state index is 6.56. The van der Waals surface area contributed by atoms with Crippen molar-refractivity contribution < 1.29 is 9.30 Å². The van der Waals surface area contributed by atoms with Crippen LogP contribution in [0.1, 0.15) is 5.56 Å². The lowest BCUT2D eigenvalue weighted by molar-refractivity contribution is -0.659. The Labute approximate surface area is 277 Å². The van der Waals surface area contributed by atoms with Gasteiger partial charge in [-0.2, -0.15) is 4.57 Å². The normalized spacial score (nSPS) is 13.0. The standard InChI is InChI=1S/C41H29BN3OS/c1-26-20-21-29-30-24-34-32(25-37(30)47-40(29)38(26)41-43(2)22-23-44(41)27-12-5-3-6-13-27)42-31-16-9-10-18-35(31)46-36-19-11-17-33(39(36)42)45(34)28-14-7-4-8-15-28/h3-25H,1-2H3/q+1. The van der Waals surface area contributed by atoms with Crippen molar-refractivity contribution in [2.75, 3.05) is 4.90 Å². The molecule has 0 aliphatic carbocycles. The Balaban J connectivity index is 1.28. The van der Waals surface area contributed by atoms with Gasteiger partial charge in [0, 0.05) is 32.5 Å². The van der Waals surface area contributed by atoms with E-state index in [2.05, 4.69) is 168 Å². The van der Waals surface area contributed by atoms with Crippen LogP contribution >= 0.6 is 11.3 Å². The molecule has 0 fully saturated rings. The van der Waals surface area contributed by atoms with Gasteiger partial charge in [0.1, 0.15) is 29.6 Å². The largest absolute Gasteiger partial charge is 0.458 e. The van der Waals surface area contributed by atoms with Gasteiger partial charge in [0.15, 0.2) is 0 Å². The minimum absolute atomic E-state index is 0.0741. The van der Waals surface area contributed by atoms with Crippen LogP contribution in [-0.4, -0.2) is 11.3 Å². The van der Waals surface area contributed by atoms with Gasteiger partial charge >= 0.3 is 0 Å². The summed E-state index contributed by atoms with van der Waals surface area (Å²) in [5.41, 5.74) is 11.0. The van der Waals surface area contributed by atoms with Gasteiger partial charge < -0.3 is 9.64 Å². The summed E-state index contributed by atoms with van der Waals surface area (Å²) in [5, 5.41) is 2.57. The van der Waals surface area contributed by atoms with Crippen LogP contribution in [0, 0.1) is 6.92 Å². The maximum absolute atomic E-state index is 6.56. The molecular formula is C41H29BN3OS+. The molecule has 0 N–H and O–H groups in total. The minimum atomic E-state index is 0.0741. The van der Waals surface area contributed by atoms with E-state index in [0.717, 1.165) is 22.9 Å². The first-order valence-electron chi connectivity index (χ1n) is 16.0. The molecule has 0 atom stereocenters. The van der Waals surface area contributed by atoms with Crippen LogP contribution in [0.2, 0.25) is 0 Å². The summed E-state index contributed by atoms with van der Waals surface area (Å²) in [5.74, 6) is 3.04. The van der Waals surface area contributed by atoms with E-state index in [1.54, 1.807) is 0 Å². The molecule has 0 saturated heterocycles. The molecular weight excluding hydrogens is 593 g/mol. The van der Waals surface area contributed by atoms with Gasteiger partial charge in [-0.05, 0) is 83.5 Å². The van der Waals surface area contributed by atoms with Crippen LogP contribution in [-0.2, 0) is 7.05 Å².